The predicted molar refractivity (Wildman–Crippen MR) is 89.7 cm³/mol. The van der Waals surface area contributed by atoms with Crippen LogP contribution in [0.4, 0.5) is 4.79 Å². The van der Waals surface area contributed by atoms with Gasteiger partial charge in [0.25, 0.3) is 0 Å². The van der Waals surface area contributed by atoms with E-state index in [4.69, 9.17) is 4.52 Å². The molecule has 1 saturated heterocycles. The molecule has 8 nitrogen and oxygen atoms in total. The molecule has 8 heteroatoms. The first-order valence-electron chi connectivity index (χ1n) is 9.11. The average Bonchev–Trinajstić information content (AvgIpc) is 3.30. The van der Waals surface area contributed by atoms with Gasteiger partial charge < -0.3 is 19.3 Å². The first kappa shape index (κ1) is 16.1. The molecule has 2 aromatic heterocycles. The van der Waals surface area contributed by atoms with Gasteiger partial charge in [-0.15, -0.1) is 10.2 Å². The van der Waals surface area contributed by atoms with E-state index in [9.17, 15) is 4.79 Å². The van der Waals surface area contributed by atoms with Crippen molar-refractivity contribution in [3.63, 3.8) is 0 Å². The Bertz CT molecular complexity index is 752. The normalized spacial score (nSPS) is 20.4. The fourth-order valence-corrected chi connectivity index (χ4v) is 3.78. The molecule has 0 aliphatic carbocycles. The van der Waals surface area contributed by atoms with E-state index in [1.54, 1.807) is 0 Å². The summed E-state index contributed by atoms with van der Waals surface area (Å²) >= 11 is 0. The molecule has 2 amide bonds. The summed E-state index contributed by atoms with van der Waals surface area (Å²) in [7, 11) is 0. The predicted octanol–water partition coefficient (Wildman–Crippen LogP) is 2.35. The third-order valence-corrected chi connectivity index (χ3v) is 5.07. The second-order valence-corrected chi connectivity index (χ2v) is 6.88. The number of carbonyl (C=O) groups excluding carboxylic acids is 1. The fourth-order valence-electron chi connectivity index (χ4n) is 3.78. The standard InChI is InChI=1S/C17H24N6O2/c1-12-10-14(25-21-12)13-6-5-9-22(13)17(24)18-11-16-20-19-15-7-3-2-4-8-23(15)16/h10,13H,2-9,11H2,1H3,(H,18,24). The first-order chi connectivity index (χ1) is 12.2. The van der Waals surface area contributed by atoms with Crippen LogP contribution in [0.3, 0.4) is 0 Å². The largest absolute Gasteiger partial charge is 0.359 e. The van der Waals surface area contributed by atoms with Crippen molar-refractivity contribution in [2.45, 2.75) is 64.6 Å². The summed E-state index contributed by atoms with van der Waals surface area (Å²) in [5.74, 6) is 2.65. The van der Waals surface area contributed by atoms with E-state index in [0.29, 0.717) is 6.54 Å². The van der Waals surface area contributed by atoms with Crippen molar-refractivity contribution in [1.82, 2.24) is 30.1 Å². The van der Waals surface area contributed by atoms with Crippen LogP contribution in [0.5, 0.6) is 0 Å². The third kappa shape index (κ3) is 3.25. The molecule has 1 fully saturated rings. The Morgan fingerprint density at radius 3 is 3.04 bits per heavy atom. The Hall–Kier alpha value is -2.38. The minimum Gasteiger partial charge on any atom is -0.359 e. The zero-order chi connectivity index (χ0) is 17.2. The van der Waals surface area contributed by atoms with Gasteiger partial charge in [0.15, 0.2) is 11.6 Å². The van der Waals surface area contributed by atoms with Crippen LogP contribution >= 0.6 is 0 Å². The van der Waals surface area contributed by atoms with Gasteiger partial charge in [0.1, 0.15) is 5.82 Å². The zero-order valence-electron chi connectivity index (χ0n) is 14.6. The number of nitrogens with zero attached hydrogens (tertiary/aromatic N) is 5. The number of amides is 2. The monoisotopic (exact) mass is 344 g/mol. The van der Waals surface area contributed by atoms with Crippen molar-refractivity contribution in [3.05, 3.63) is 29.2 Å². The zero-order valence-corrected chi connectivity index (χ0v) is 14.6. The fraction of sp³-hybridized carbons (Fsp3) is 0.647. The topological polar surface area (TPSA) is 89.1 Å². The number of aromatic nitrogens is 4. The van der Waals surface area contributed by atoms with Crippen molar-refractivity contribution < 1.29 is 9.32 Å². The van der Waals surface area contributed by atoms with Gasteiger partial charge in [0.05, 0.1) is 18.3 Å². The molecule has 1 atom stereocenters. The van der Waals surface area contributed by atoms with Crippen LogP contribution in [0, 0.1) is 6.92 Å². The lowest BCUT2D eigenvalue weighted by molar-refractivity contribution is 0.181. The quantitative estimate of drug-likeness (QED) is 0.923. The maximum Gasteiger partial charge on any atom is 0.318 e. The summed E-state index contributed by atoms with van der Waals surface area (Å²) < 4.78 is 7.53. The number of likely N-dealkylation sites (tertiary alicyclic amines) is 1. The number of nitrogens with one attached hydrogen (secondary N) is 1. The Kier molecular flexibility index (Phi) is 4.42. The maximum absolute atomic E-state index is 12.7. The van der Waals surface area contributed by atoms with Gasteiger partial charge in [-0.3, -0.25) is 0 Å². The van der Waals surface area contributed by atoms with Crippen molar-refractivity contribution in [1.29, 1.82) is 0 Å². The number of hydrogen-bond acceptors (Lipinski definition) is 5. The number of urea groups is 1. The summed E-state index contributed by atoms with van der Waals surface area (Å²) in [6.45, 7) is 3.97. The van der Waals surface area contributed by atoms with Crippen LogP contribution in [-0.4, -0.2) is 37.4 Å². The summed E-state index contributed by atoms with van der Waals surface area (Å²) in [4.78, 5) is 14.5. The van der Waals surface area contributed by atoms with Crippen molar-refractivity contribution >= 4 is 6.03 Å². The Morgan fingerprint density at radius 2 is 2.20 bits per heavy atom. The number of hydrogen-bond donors (Lipinski definition) is 1. The first-order valence-corrected chi connectivity index (χ1v) is 9.11. The molecule has 0 bridgehead atoms. The van der Waals surface area contributed by atoms with E-state index in [2.05, 4.69) is 25.2 Å². The molecule has 2 aliphatic heterocycles. The molecule has 0 aromatic carbocycles. The SMILES string of the molecule is Cc1cc(C2CCCN2C(=O)NCc2nnc3n2CCCCC3)on1. The number of fused-ring (bicyclic) bond motifs is 1. The highest BCUT2D eigenvalue weighted by Crippen LogP contribution is 2.32. The molecular formula is C17H24N6O2. The van der Waals surface area contributed by atoms with Gasteiger partial charge in [-0.1, -0.05) is 11.6 Å². The smallest absolute Gasteiger partial charge is 0.318 e. The van der Waals surface area contributed by atoms with Crippen LogP contribution in [0.1, 0.15) is 61.2 Å². The summed E-state index contributed by atoms with van der Waals surface area (Å²) in [6, 6.07) is 1.80. The number of rotatable bonds is 3. The maximum atomic E-state index is 12.7. The van der Waals surface area contributed by atoms with Crippen molar-refractivity contribution in [2.24, 2.45) is 0 Å². The second kappa shape index (κ2) is 6.85. The molecule has 2 aliphatic rings. The summed E-state index contributed by atoms with van der Waals surface area (Å²) in [5, 5.41) is 15.5. The average molecular weight is 344 g/mol. The van der Waals surface area contributed by atoms with Gasteiger partial charge in [-0.25, -0.2) is 4.79 Å². The Balaban J connectivity index is 1.41. The van der Waals surface area contributed by atoms with Crippen LogP contribution in [0.15, 0.2) is 10.6 Å². The van der Waals surface area contributed by atoms with Gasteiger partial charge >= 0.3 is 6.03 Å². The molecule has 25 heavy (non-hydrogen) atoms. The van der Waals surface area contributed by atoms with E-state index in [0.717, 1.165) is 68.3 Å². The highest BCUT2D eigenvalue weighted by atomic mass is 16.5. The van der Waals surface area contributed by atoms with E-state index in [1.165, 1.54) is 6.42 Å². The highest BCUT2D eigenvalue weighted by molar-refractivity contribution is 5.74. The van der Waals surface area contributed by atoms with Crippen molar-refractivity contribution in [2.75, 3.05) is 6.54 Å². The summed E-state index contributed by atoms with van der Waals surface area (Å²) in [6.07, 6.45) is 6.38. The lowest BCUT2D eigenvalue weighted by Gasteiger charge is -2.23. The summed E-state index contributed by atoms with van der Waals surface area (Å²) in [5.41, 5.74) is 0.841. The van der Waals surface area contributed by atoms with Gasteiger partial charge in [0, 0.05) is 25.6 Å². The molecule has 1 unspecified atom stereocenters. The van der Waals surface area contributed by atoms with Gasteiger partial charge in [-0.2, -0.15) is 0 Å². The van der Waals surface area contributed by atoms with Gasteiger partial charge in [0.2, 0.25) is 0 Å². The molecule has 1 N–H and O–H groups in total. The second-order valence-electron chi connectivity index (χ2n) is 6.88. The van der Waals surface area contributed by atoms with Crippen LogP contribution in [0.2, 0.25) is 0 Å². The molecule has 134 valence electrons. The lowest BCUT2D eigenvalue weighted by atomic mass is 10.1. The van der Waals surface area contributed by atoms with E-state index >= 15 is 0 Å². The molecule has 2 aromatic rings. The minimum absolute atomic E-state index is 0.0308. The van der Waals surface area contributed by atoms with E-state index < -0.39 is 0 Å². The minimum atomic E-state index is -0.0810. The molecule has 0 saturated carbocycles. The lowest BCUT2D eigenvalue weighted by Crippen LogP contribution is -2.39. The van der Waals surface area contributed by atoms with Crippen LogP contribution < -0.4 is 5.32 Å². The third-order valence-electron chi connectivity index (χ3n) is 5.07. The molecular weight excluding hydrogens is 320 g/mol. The van der Waals surface area contributed by atoms with Crippen LogP contribution in [-0.2, 0) is 19.5 Å². The Morgan fingerprint density at radius 1 is 1.28 bits per heavy atom. The number of aryl methyl sites for hydroxylation is 2. The Labute approximate surface area is 146 Å². The molecule has 4 rings (SSSR count). The van der Waals surface area contributed by atoms with E-state index in [1.807, 2.05) is 17.9 Å². The van der Waals surface area contributed by atoms with Crippen LogP contribution in [0.25, 0.3) is 0 Å². The molecule has 0 spiro atoms. The molecule has 4 heterocycles. The van der Waals surface area contributed by atoms with E-state index in [-0.39, 0.29) is 12.1 Å². The van der Waals surface area contributed by atoms with Gasteiger partial charge in [-0.05, 0) is 32.6 Å². The number of carbonyl (C=O) groups is 1. The highest BCUT2D eigenvalue weighted by Gasteiger charge is 2.32. The van der Waals surface area contributed by atoms with Crippen molar-refractivity contribution in [3.8, 4) is 0 Å². The molecule has 0 radical (unpaired) electrons.